The van der Waals surface area contributed by atoms with Crippen molar-refractivity contribution in [2.24, 2.45) is 0 Å². The monoisotopic (exact) mass is 512 g/mol. The third-order valence-electron chi connectivity index (χ3n) is 6.30. The van der Waals surface area contributed by atoms with Crippen molar-refractivity contribution >= 4 is 57.4 Å². The molecular formula is C27H20N4O3S2. The topological polar surface area (TPSA) is 69.0 Å². The molecule has 0 spiro atoms. The van der Waals surface area contributed by atoms with Crippen molar-refractivity contribution in [1.82, 2.24) is 14.6 Å². The second-order valence-electron chi connectivity index (χ2n) is 8.58. The van der Waals surface area contributed by atoms with Crippen LogP contribution in [0.5, 0.6) is 11.5 Å². The van der Waals surface area contributed by atoms with E-state index >= 15 is 0 Å². The van der Waals surface area contributed by atoms with Crippen LogP contribution in [0.1, 0.15) is 5.56 Å². The van der Waals surface area contributed by atoms with Gasteiger partial charge in [-0.25, -0.2) is 0 Å². The van der Waals surface area contributed by atoms with Gasteiger partial charge in [-0.15, -0.1) is 10.2 Å². The van der Waals surface area contributed by atoms with E-state index in [0.29, 0.717) is 24.1 Å². The van der Waals surface area contributed by atoms with Gasteiger partial charge in [-0.05, 0) is 48.9 Å². The van der Waals surface area contributed by atoms with Gasteiger partial charge in [0.25, 0.3) is 0 Å². The minimum absolute atomic E-state index is 0.0111. The summed E-state index contributed by atoms with van der Waals surface area (Å²) in [6, 6.07) is 22.1. The molecule has 2 aliphatic rings. The molecule has 7 rings (SSSR count). The smallest absolute Gasteiger partial charge is 0.242 e. The summed E-state index contributed by atoms with van der Waals surface area (Å²) in [7, 11) is 0. The molecule has 2 aliphatic heterocycles. The predicted octanol–water partition coefficient (Wildman–Crippen LogP) is 5.88. The number of anilines is 2. The van der Waals surface area contributed by atoms with Crippen molar-refractivity contribution in [2.45, 2.75) is 21.9 Å². The molecule has 0 aliphatic carbocycles. The van der Waals surface area contributed by atoms with E-state index in [1.807, 2.05) is 64.8 Å². The highest BCUT2D eigenvalue weighted by molar-refractivity contribution is 8.00. The molecule has 2 aromatic heterocycles. The minimum atomic E-state index is -0.0111. The van der Waals surface area contributed by atoms with Crippen LogP contribution in [0.15, 0.2) is 81.7 Å². The Morgan fingerprint density at radius 3 is 2.33 bits per heavy atom. The molecule has 0 saturated heterocycles. The van der Waals surface area contributed by atoms with Gasteiger partial charge in [-0.1, -0.05) is 47.8 Å². The molecular weight excluding hydrogens is 492 g/mol. The van der Waals surface area contributed by atoms with Gasteiger partial charge in [0.1, 0.15) is 13.2 Å². The maximum absolute atomic E-state index is 13.7. The molecule has 0 bridgehead atoms. The fraction of sp³-hybridized carbons (Fsp3) is 0.148. The van der Waals surface area contributed by atoms with E-state index in [1.54, 1.807) is 11.8 Å². The molecule has 0 unspecified atom stereocenters. The SMILES string of the molecule is Cc1cc2cc3c(cc2n2c(SCC(=O)N4c5ccccc5Sc5ccccc54)nnc12)OCCO3. The Bertz CT molecular complexity index is 1640. The number of carbonyl (C=O) groups excluding carboxylic acids is 1. The quantitative estimate of drug-likeness (QED) is 0.280. The number of aromatic nitrogens is 3. The van der Waals surface area contributed by atoms with Crippen LogP contribution in [0.4, 0.5) is 11.4 Å². The van der Waals surface area contributed by atoms with E-state index in [-0.39, 0.29) is 11.7 Å². The van der Waals surface area contributed by atoms with E-state index in [1.165, 1.54) is 11.8 Å². The number of rotatable bonds is 3. The van der Waals surface area contributed by atoms with Crippen molar-refractivity contribution in [1.29, 1.82) is 0 Å². The number of aryl methyl sites for hydroxylation is 1. The number of amides is 1. The van der Waals surface area contributed by atoms with Crippen molar-refractivity contribution in [3.05, 3.63) is 72.3 Å². The van der Waals surface area contributed by atoms with E-state index in [9.17, 15) is 4.79 Å². The number of ether oxygens (including phenoxy) is 2. The average Bonchev–Trinajstić information content (AvgIpc) is 3.34. The largest absolute Gasteiger partial charge is 0.486 e. The van der Waals surface area contributed by atoms with Gasteiger partial charge in [0, 0.05) is 21.2 Å². The first-order valence-corrected chi connectivity index (χ1v) is 13.4. The predicted molar refractivity (Wildman–Crippen MR) is 141 cm³/mol. The normalized spacial score (nSPS) is 14.1. The molecule has 0 atom stereocenters. The Hall–Kier alpha value is -3.69. The molecule has 7 nitrogen and oxygen atoms in total. The van der Waals surface area contributed by atoms with Crippen LogP contribution in [0, 0.1) is 6.92 Å². The van der Waals surface area contributed by atoms with Gasteiger partial charge in [0.2, 0.25) is 5.91 Å². The summed E-state index contributed by atoms with van der Waals surface area (Å²) in [5.41, 5.74) is 4.50. The van der Waals surface area contributed by atoms with Gasteiger partial charge in [0.15, 0.2) is 22.3 Å². The minimum Gasteiger partial charge on any atom is -0.486 e. The van der Waals surface area contributed by atoms with Crippen LogP contribution in [-0.2, 0) is 4.79 Å². The van der Waals surface area contributed by atoms with E-state index in [2.05, 4.69) is 28.4 Å². The van der Waals surface area contributed by atoms with E-state index in [0.717, 1.165) is 49.0 Å². The summed E-state index contributed by atoms with van der Waals surface area (Å²) in [5, 5.41) is 10.6. The number of pyridine rings is 1. The summed E-state index contributed by atoms with van der Waals surface area (Å²) in [4.78, 5) is 17.6. The van der Waals surface area contributed by atoms with Crippen LogP contribution in [0.2, 0.25) is 0 Å². The molecule has 0 saturated carbocycles. The van der Waals surface area contributed by atoms with Crippen molar-refractivity contribution in [3.8, 4) is 11.5 Å². The van der Waals surface area contributed by atoms with Crippen LogP contribution in [0.3, 0.4) is 0 Å². The fourth-order valence-corrected chi connectivity index (χ4v) is 6.55. The molecule has 178 valence electrons. The zero-order chi connectivity index (χ0) is 24.2. The number of thioether (sulfide) groups is 1. The molecule has 9 heteroatoms. The Labute approximate surface area is 215 Å². The van der Waals surface area contributed by atoms with Gasteiger partial charge in [0.05, 0.1) is 22.6 Å². The molecule has 1 amide bonds. The molecule has 0 fully saturated rings. The second kappa shape index (κ2) is 8.46. The van der Waals surface area contributed by atoms with Crippen LogP contribution in [-0.4, -0.2) is 39.5 Å². The number of fused-ring (bicyclic) bond motifs is 6. The Morgan fingerprint density at radius 1 is 0.944 bits per heavy atom. The maximum atomic E-state index is 13.7. The van der Waals surface area contributed by atoms with Crippen molar-refractivity contribution < 1.29 is 14.3 Å². The molecule has 3 aromatic carbocycles. The Balaban J connectivity index is 1.26. The van der Waals surface area contributed by atoms with E-state index < -0.39 is 0 Å². The van der Waals surface area contributed by atoms with E-state index in [4.69, 9.17) is 9.47 Å². The summed E-state index contributed by atoms with van der Waals surface area (Å²) in [6.45, 7) is 3.07. The fourth-order valence-electron chi connectivity index (χ4n) is 4.70. The highest BCUT2D eigenvalue weighted by Crippen LogP contribution is 2.48. The summed E-state index contributed by atoms with van der Waals surface area (Å²) in [6.07, 6.45) is 0. The lowest BCUT2D eigenvalue weighted by molar-refractivity contribution is -0.115. The zero-order valence-electron chi connectivity index (χ0n) is 19.3. The lowest BCUT2D eigenvalue weighted by Gasteiger charge is -2.30. The molecule has 4 heterocycles. The average molecular weight is 513 g/mol. The summed E-state index contributed by atoms with van der Waals surface area (Å²) >= 11 is 3.07. The summed E-state index contributed by atoms with van der Waals surface area (Å²) < 4.78 is 13.6. The second-order valence-corrected chi connectivity index (χ2v) is 10.6. The Kier molecular flexibility index (Phi) is 5.07. The zero-order valence-corrected chi connectivity index (χ0v) is 20.9. The van der Waals surface area contributed by atoms with Crippen LogP contribution in [0.25, 0.3) is 16.6 Å². The lowest BCUT2D eigenvalue weighted by atomic mass is 10.1. The Morgan fingerprint density at radius 2 is 1.61 bits per heavy atom. The van der Waals surface area contributed by atoms with Crippen molar-refractivity contribution in [2.75, 3.05) is 23.9 Å². The van der Waals surface area contributed by atoms with Crippen molar-refractivity contribution in [3.63, 3.8) is 0 Å². The number of benzene rings is 3. The van der Waals surface area contributed by atoms with Crippen LogP contribution < -0.4 is 14.4 Å². The number of nitrogens with zero attached hydrogens (tertiary/aromatic N) is 4. The first-order chi connectivity index (χ1) is 17.7. The number of para-hydroxylation sites is 2. The van der Waals surface area contributed by atoms with Gasteiger partial charge >= 0.3 is 0 Å². The number of carbonyl (C=O) groups is 1. The molecule has 0 N–H and O–H groups in total. The number of hydrogen-bond donors (Lipinski definition) is 0. The number of hydrogen-bond acceptors (Lipinski definition) is 7. The maximum Gasteiger partial charge on any atom is 0.242 e. The first kappa shape index (κ1) is 21.6. The standard InChI is InChI=1S/C27H20N4O3S2/c1-16-12-17-13-21-22(34-11-10-33-21)14-20(17)31-26(16)28-29-27(31)35-15-25(32)30-18-6-2-4-8-23(18)36-24-9-5-3-7-19(24)30/h2-9,12-14H,10-11,15H2,1H3. The van der Waals surface area contributed by atoms with Crippen LogP contribution >= 0.6 is 23.5 Å². The van der Waals surface area contributed by atoms with Gasteiger partial charge < -0.3 is 9.47 Å². The first-order valence-electron chi connectivity index (χ1n) is 11.6. The van der Waals surface area contributed by atoms with Gasteiger partial charge in [-0.2, -0.15) is 0 Å². The third kappa shape index (κ3) is 3.42. The highest BCUT2D eigenvalue weighted by atomic mass is 32.2. The van der Waals surface area contributed by atoms with Gasteiger partial charge in [-0.3, -0.25) is 14.1 Å². The third-order valence-corrected chi connectivity index (χ3v) is 8.34. The molecule has 0 radical (unpaired) electrons. The lowest BCUT2D eigenvalue weighted by Crippen LogP contribution is -2.30. The highest BCUT2D eigenvalue weighted by Gasteiger charge is 2.28. The summed E-state index contributed by atoms with van der Waals surface area (Å²) in [5.74, 6) is 1.65. The molecule has 5 aromatic rings. The molecule has 36 heavy (non-hydrogen) atoms.